The smallest absolute Gasteiger partial charge is 0.488 e. The molecule has 0 aromatic heterocycles. The molecule has 0 spiro atoms. The summed E-state index contributed by atoms with van der Waals surface area (Å²) in [6.45, 7) is 4.10. The van der Waals surface area contributed by atoms with E-state index in [1.54, 1.807) is 18.2 Å². The molecule has 7 heteroatoms. The van der Waals surface area contributed by atoms with Crippen LogP contribution in [0.1, 0.15) is 19.4 Å². The number of rotatable bonds is 7. The van der Waals surface area contributed by atoms with Gasteiger partial charge in [-0.2, -0.15) is 0 Å². The number of carbonyl (C=O) groups is 1. The van der Waals surface area contributed by atoms with Crippen LogP contribution < -0.4 is 15.5 Å². The summed E-state index contributed by atoms with van der Waals surface area (Å²) < 4.78 is 9.89. The summed E-state index contributed by atoms with van der Waals surface area (Å²) in [5.74, 6) is 0.305. The normalized spacial score (nSPS) is 12.1. The lowest BCUT2D eigenvalue weighted by Gasteiger charge is -2.21. The Morgan fingerprint density at radius 2 is 2.00 bits per heavy atom. The number of carbonyl (C=O) groups excluding carboxylic acids is 1. The van der Waals surface area contributed by atoms with Crippen LogP contribution in [0.15, 0.2) is 18.2 Å². The summed E-state index contributed by atoms with van der Waals surface area (Å²) in [7, 11) is 1.30. The predicted molar refractivity (Wildman–Crippen MR) is 80.3 cm³/mol. The highest BCUT2D eigenvalue weighted by molar-refractivity contribution is 6.59. The van der Waals surface area contributed by atoms with Crippen molar-refractivity contribution in [3.8, 4) is 5.75 Å². The van der Waals surface area contributed by atoms with E-state index < -0.39 is 13.2 Å². The van der Waals surface area contributed by atoms with Crippen LogP contribution in [-0.2, 0) is 16.1 Å². The molecule has 0 aliphatic rings. The topological polar surface area (TPSA) is 88.0 Å². The van der Waals surface area contributed by atoms with Crippen molar-refractivity contribution in [2.24, 2.45) is 5.92 Å². The van der Waals surface area contributed by atoms with Crippen molar-refractivity contribution in [3.05, 3.63) is 23.8 Å². The number of nitrogens with one attached hydrogen (secondary N) is 1. The van der Waals surface area contributed by atoms with E-state index in [0.717, 1.165) is 0 Å². The fourth-order valence-electron chi connectivity index (χ4n) is 2.05. The van der Waals surface area contributed by atoms with E-state index in [4.69, 9.17) is 9.47 Å². The van der Waals surface area contributed by atoms with E-state index in [-0.39, 0.29) is 11.9 Å². The summed E-state index contributed by atoms with van der Waals surface area (Å²) >= 11 is 0. The van der Waals surface area contributed by atoms with Crippen LogP contribution in [0.4, 0.5) is 0 Å². The van der Waals surface area contributed by atoms with Gasteiger partial charge in [-0.25, -0.2) is 0 Å². The molecule has 3 N–H and O–H groups in total. The molecule has 0 aliphatic heterocycles. The van der Waals surface area contributed by atoms with Gasteiger partial charge >= 0.3 is 13.1 Å². The van der Waals surface area contributed by atoms with Gasteiger partial charge in [-0.05, 0) is 29.1 Å². The first-order chi connectivity index (χ1) is 9.90. The van der Waals surface area contributed by atoms with Gasteiger partial charge in [0.2, 0.25) is 0 Å². The zero-order valence-electron chi connectivity index (χ0n) is 12.8. The number of benzene rings is 1. The van der Waals surface area contributed by atoms with Gasteiger partial charge in [-0.1, -0.05) is 19.9 Å². The lowest BCUT2D eigenvalue weighted by atomic mass is 9.77. The molecule has 1 rings (SSSR count). The maximum absolute atomic E-state index is 11.7. The molecule has 1 atom stereocenters. The molecule has 6 nitrogen and oxygen atoms in total. The van der Waals surface area contributed by atoms with E-state index in [2.05, 4.69) is 5.32 Å². The van der Waals surface area contributed by atoms with Crippen molar-refractivity contribution in [2.45, 2.75) is 26.4 Å². The van der Waals surface area contributed by atoms with E-state index >= 15 is 0 Å². The summed E-state index contributed by atoms with van der Waals surface area (Å²) in [6.07, 6.45) is 0. The Morgan fingerprint density at radius 1 is 1.33 bits per heavy atom. The van der Waals surface area contributed by atoms with Crippen molar-refractivity contribution in [1.82, 2.24) is 5.32 Å². The van der Waals surface area contributed by atoms with Crippen molar-refractivity contribution < 1.29 is 24.3 Å². The molecule has 0 radical (unpaired) electrons. The number of hydrogen-bond acceptors (Lipinski definition) is 6. The Kier molecular flexibility index (Phi) is 6.68. The second kappa shape index (κ2) is 8.02. The van der Waals surface area contributed by atoms with Crippen LogP contribution >= 0.6 is 0 Å². The minimum Gasteiger partial charge on any atom is -0.497 e. The van der Waals surface area contributed by atoms with E-state index in [0.29, 0.717) is 23.3 Å². The molecule has 0 aliphatic carbocycles. The average molecular weight is 295 g/mol. The summed E-state index contributed by atoms with van der Waals surface area (Å²) in [4.78, 5) is 11.7. The van der Waals surface area contributed by atoms with Crippen LogP contribution in [0, 0.1) is 5.92 Å². The van der Waals surface area contributed by atoms with Gasteiger partial charge in [-0.15, -0.1) is 0 Å². The highest BCUT2D eigenvalue weighted by Crippen LogP contribution is 2.12. The first-order valence-electron chi connectivity index (χ1n) is 6.74. The number of ether oxygens (including phenoxy) is 2. The van der Waals surface area contributed by atoms with Gasteiger partial charge in [0.15, 0.2) is 0 Å². The quantitative estimate of drug-likeness (QED) is 0.471. The second-order valence-electron chi connectivity index (χ2n) is 5.06. The molecule has 116 valence electrons. The predicted octanol–water partition coefficient (Wildman–Crippen LogP) is -0.338. The van der Waals surface area contributed by atoms with E-state index in [9.17, 15) is 14.8 Å². The van der Waals surface area contributed by atoms with Gasteiger partial charge in [0.1, 0.15) is 11.8 Å². The van der Waals surface area contributed by atoms with Crippen LogP contribution in [0.5, 0.6) is 5.75 Å². The molecular weight excluding hydrogens is 273 g/mol. The fraction of sp³-hybridized carbons (Fsp3) is 0.500. The van der Waals surface area contributed by atoms with Crippen molar-refractivity contribution in [1.29, 1.82) is 0 Å². The van der Waals surface area contributed by atoms with Gasteiger partial charge in [0.25, 0.3) is 0 Å². The Hall–Kier alpha value is -1.57. The fourth-order valence-corrected chi connectivity index (χ4v) is 2.05. The maximum Gasteiger partial charge on any atom is 0.488 e. The van der Waals surface area contributed by atoms with Gasteiger partial charge in [-0.3, -0.25) is 4.79 Å². The molecule has 0 bridgehead atoms. The summed E-state index contributed by atoms with van der Waals surface area (Å²) in [5, 5.41) is 21.9. The monoisotopic (exact) mass is 295 g/mol. The summed E-state index contributed by atoms with van der Waals surface area (Å²) in [6, 6.07) is 4.47. The highest BCUT2D eigenvalue weighted by atomic mass is 16.5. The molecule has 0 heterocycles. The maximum atomic E-state index is 11.7. The Labute approximate surface area is 125 Å². The van der Waals surface area contributed by atoms with Crippen molar-refractivity contribution >= 4 is 18.6 Å². The van der Waals surface area contributed by atoms with Crippen LogP contribution in [0.3, 0.4) is 0 Å². The summed E-state index contributed by atoms with van der Waals surface area (Å²) in [5.41, 5.74) is 1.02. The zero-order chi connectivity index (χ0) is 16.0. The molecule has 1 aromatic carbocycles. The number of esters is 1. The van der Waals surface area contributed by atoms with E-state index in [1.807, 2.05) is 13.8 Å². The van der Waals surface area contributed by atoms with Crippen LogP contribution in [0.2, 0.25) is 0 Å². The van der Waals surface area contributed by atoms with Gasteiger partial charge in [0, 0.05) is 6.54 Å². The SMILES string of the molecule is COC(=O)[C@H](NCc1cc(OC)ccc1B(O)O)C(C)C. The van der Waals surface area contributed by atoms with Gasteiger partial charge < -0.3 is 24.8 Å². The Bertz CT molecular complexity index is 478. The molecule has 0 amide bonds. The molecule has 0 saturated heterocycles. The van der Waals surface area contributed by atoms with Crippen molar-refractivity contribution in [3.63, 3.8) is 0 Å². The minimum atomic E-state index is -1.58. The Balaban J connectivity index is 2.92. The molecule has 1 aromatic rings. The first kappa shape index (κ1) is 17.5. The lowest BCUT2D eigenvalue weighted by Crippen LogP contribution is -2.43. The Morgan fingerprint density at radius 3 is 2.48 bits per heavy atom. The average Bonchev–Trinajstić information content (AvgIpc) is 2.46. The third-order valence-corrected chi connectivity index (χ3v) is 3.26. The minimum absolute atomic E-state index is 0.0468. The second-order valence-corrected chi connectivity index (χ2v) is 5.06. The van der Waals surface area contributed by atoms with Crippen LogP contribution in [-0.4, -0.2) is 43.4 Å². The molecule has 21 heavy (non-hydrogen) atoms. The molecule has 0 fully saturated rings. The molecule has 0 unspecified atom stereocenters. The highest BCUT2D eigenvalue weighted by Gasteiger charge is 2.23. The zero-order valence-corrected chi connectivity index (χ0v) is 12.8. The molecular formula is C14H22BNO5. The van der Waals surface area contributed by atoms with E-state index in [1.165, 1.54) is 14.2 Å². The number of methoxy groups -OCH3 is 2. The third-order valence-electron chi connectivity index (χ3n) is 3.26. The standard InChI is InChI=1S/C14H22BNO5/c1-9(2)13(14(17)21-4)16-8-10-7-11(20-3)5-6-12(10)15(18)19/h5-7,9,13,16,18-19H,8H2,1-4H3/t13-/m1/s1. The third kappa shape index (κ3) is 4.73. The number of hydrogen-bond donors (Lipinski definition) is 3. The van der Waals surface area contributed by atoms with Crippen LogP contribution in [0.25, 0.3) is 0 Å². The first-order valence-corrected chi connectivity index (χ1v) is 6.74. The molecule has 0 saturated carbocycles. The van der Waals surface area contributed by atoms with Crippen molar-refractivity contribution in [2.75, 3.05) is 14.2 Å². The lowest BCUT2D eigenvalue weighted by molar-refractivity contribution is -0.144. The van der Waals surface area contributed by atoms with Gasteiger partial charge in [0.05, 0.1) is 14.2 Å². The largest absolute Gasteiger partial charge is 0.497 e.